The molecule has 0 aliphatic heterocycles. The highest BCUT2D eigenvalue weighted by molar-refractivity contribution is 7.88. The van der Waals surface area contributed by atoms with Crippen LogP contribution in [0.2, 0.25) is 0 Å². The number of ether oxygens (including phenoxy) is 2. The molecule has 0 saturated carbocycles. The van der Waals surface area contributed by atoms with E-state index in [1.165, 1.54) is 77.0 Å². The average Bonchev–Trinajstić information content (AvgIpc) is 2.83. The van der Waals surface area contributed by atoms with Gasteiger partial charge in [-0.25, -0.2) is 0 Å². The first-order valence-corrected chi connectivity index (χ1v) is 14.4. The lowest BCUT2D eigenvalue weighted by molar-refractivity contribution is -0.140. The van der Waals surface area contributed by atoms with E-state index in [0.717, 1.165) is 19.0 Å². The maximum Gasteiger partial charge on any atom is 0.534 e. The number of hydrogen-bond acceptors (Lipinski definition) is 7. The molecule has 0 spiro atoms. The molecule has 0 unspecified atom stereocenters. The fourth-order valence-electron chi connectivity index (χ4n) is 3.71. The Hall–Kier alpha value is -2.01. The van der Waals surface area contributed by atoms with Crippen molar-refractivity contribution in [1.82, 2.24) is 4.90 Å². The molecule has 7 nitrogen and oxygen atoms in total. The quantitative estimate of drug-likeness (QED) is 0.0817. The van der Waals surface area contributed by atoms with Gasteiger partial charge in [0.15, 0.2) is 0 Å². The maximum atomic E-state index is 12.8. The van der Waals surface area contributed by atoms with Crippen molar-refractivity contribution in [2.45, 2.75) is 89.5 Å². The first kappa shape index (κ1) is 33.0. The molecular formula is C26H42F3NO6S. The third-order valence-electron chi connectivity index (χ3n) is 5.98. The van der Waals surface area contributed by atoms with Crippen molar-refractivity contribution < 1.29 is 40.0 Å². The third kappa shape index (κ3) is 13.9. The zero-order valence-corrected chi connectivity index (χ0v) is 23.1. The summed E-state index contributed by atoms with van der Waals surface area (Å²) in [6.07, 6.45) is 12.4. The van der Waals surface area contributed by atoms with Crippen LogP contribution in [0.15, 0.2) is 18.2 Å². The van der Waals surface area contributed by atoms with E-state index in [0.29, 0.717) is 6.54 Å². The minimum absolute atomic E-state index is 0.0583. The highest BCUT2D eigenvalue weighted by Gasteiger charge is 2.48. The number of carbonyl (C=O) groups is 1. The minimum atomic E-state index is -5.87. The Labute approximate surface area is 219 Å². The van der Waals surface area contributed by atoms with Crippen molar-refractivity contribution in [2.75, 3.05) is 33.9 Å². The highest BCUT2D eigenvalue weighted by atomic mass is 32.2. The number of methoxy groups -OCH3 is 1. The first-order chi connectivity index (χ1) is 17.5. The third-order valence-corrected chi connectivity index (χ3v) is 6.95. The predicted octanol–water partition coefficient (Wildman–Crippen LogP) is 6.25. The van der Waals surface area contributed by atoms with E-state index in [1.54, 1.807) is 0 Å². The lowest BCUT2D eigenvalue weighted by atomic mass is 10.1. The molecular weight excluding hydrogens is 511 g/mol. The Bertz CT molecular complexity index is 893. The van der Waals surface area contributed by atoms with Crippen LogP contribution in [0, 0.1) is 0 Å². The van der Waals surface area contributed by atoms with Crippen LogP contribution in [-0.2, 0) is 26.1 Å². The number of esters is 1. The zero-order valence-electron chi connectivity index (χ0n) is 22.3. The summed E-state index contributed by atoms with van der Waals surface area (Å²) < 4.78 is 76.1. The SMILES string of the molecule is CCCCCCCCCCCCN(C)CCOc1ccc(CCC(=O)OC)c(OS(=O)(=O)C(F)(F)F)c1. The molecule has 0 heterocycles. The van der Waals surface area contributed by atoms with Crippen LogP contribution in [0.1, 0.15) is 83.1 Å². The molecule has 0 fully saturated rings. The summed E-state index contributed by atoms with van der Waals surface area (Å²) in [4.78, 5) is 13.5. The summed E-state index contributed by atoms with van der Waals surface area (Å²) in [6.45, 7) is 3.99. The molecule has 214 valence electrons. The van der Waals surface area contributed by atoms with Crippen LogP contribution >= 0.6 is 0 Å². The number of carbonyl (C=O) groups excluding carboxylic acids is 1. The van der Waals surface area contributed by atoms with E-state index < -0.39 is 27.3 Å². The Morgan fingerprint density at radius 2 is 1.54 bits per heavy atom. The number of benzene rings is 1. The van der Waals surface area contributed by atoms with Gasteiger partial charge in [0.2, 0.25) is 0 Å². The van der Waals surface area contributed by atoms with E-state index in [4.69, 9.17) is 4.74 Å². The molecule has 0 N–H and O–H groups in total. The number of aryl methyl sites for hydroxylation is 1. The molecule has 0 aliphatic rings. The van der Waals surface area contributed by atoms with Gasteiger partial charge in [0.05, 0.1) is 7.11 Å². The molecule has 11 heteroatoms. The smallest absolute Gasteiger partial charge is 0.492 e. The van der Waals surface area contributed by atoms with Gasteiger partial charge in [-0.15, -0.1) is 0 Å². The van der Waals surface area contributed by atoms with Gasteiger partial charge in [-0.1, -0.05) is 70.8 Å². The zero-order chi connectivity index (χ0) is 27.7. The van der Waals surface area contributed by atoms with Crippen LogP contribution in [-0.4, -0.2) is 58.6 Å². The van der Waals surface area contributed by atoms with Gasteiger partial charge in [0.25, 0.3) is 0 Å². The number of hydrogen-bond donors (Lipinski definition) is 0. The molecule has 1 rings (SSSR count). The number of unbranched alkanes of at least 4 members (excludes halogenated alkanes) is 9. The summed E-state index contributed by atoms with van der Waals surface area (Å²) in [7, 11) is -2.72. The predicted molar refractivity (Wildman–Crippen MR) is 137 cm³/mol. The number of nitrogens with zero attached hydrogens (tertiary/aromatic N) is 1. The number of rotatable bonds is 20. The molecule has 0 aliphatic carbocycles. The highest BCUT2D eigenvalue weighted by Crippen LogP contribution is 2.32. The number of halogens is 3. The fourth-order valence-corrected chi connectivity index (χ4v) is 4.20. The number of alkyl halides is 3. The van der Waals surface area contributed by atoms with E-state index >= 15 is 0 Å². The van der Waals surface area contributed by atoms with Crippen LogP contribution in [0.5, 0.6) is 11.5 Å². The Balaban J connectivity index is 2.50. The van der Waals surface area contributed by atoms with Crippen molar-refractivity contribution in [1.29, 1.82) is 0 Å². The Morgan fingerprint density at radius 3 is 2.11 bits per heavy atom. The van der Waals surface area contributed by atoms with Gasteiger partial charge < -0.3 is 18.6 Å². The summed E-state index contributed by atoms with van der Waals surface area (Å²) in [5.41, 5.74) is -5.47. The van der Waals surface area contributed by atoms with Gasteiger partial charge in [-0.2, -0.15) is 21.6 Å². The maximum absolute atomic E-state index is 12.8. The molecule has 0 atom stereocenters. The van der Waals surface area contributed by atoms with E-state index in [-0.39, 0.29) is 30.8 Å². The van der Waals surface area contributed by atoms with E-state index in [2.05, 4.69) is 20.7 Å². The van der Waals surface area contributed by atoms with Gasteiger partial charge in [0.1, 0.15) is 18.1 Å². The lowest BCUT2D eigenvalue weighted by Crippen LogP contribution is -2.28. The van der Waals surface area contributed by atoms with E-state index in [9.17, 15) is 26.4 Å². The van der Waals surface area contributed by atoms with Gasteiger partial charge >= 0.3 is 21.6 Å². The van der Waals surface area contributed by atoms with E-state index in [1.807, 2.05) is 7.05 Å². The van der Waals surface area contributed by atoms with Crippen molar-refractivity contribution in [2.24, 2.45) is 0 Å². The first-order valence-electron chi connectivity index (χ1n) is 13.0. The monoisotopic (exact) mass is 553 g/mol. The molecule has 0 amide bonds. The summed E-state index contributed by atoms with van der Waals surface area (Å²) in [5, 5.41) is 0. The topological polar surface area (TPSA) is 82.1 Å². The number of likely N-dealkylation sites (N-methyl/N-ethyl adjacent to an activating group) is 1. The summed E-state index contributed by atoms with van der Waals surface area (Å²) in [5.74, 6) is -0.950. The standard InChI is InChI=1S/C26H42F3NO6S/c1-4-5-6-7-8-9-10-11-12-13-18-30(2)19-20-35-23-16-14-22(15-17-25(31)34-3)24(21-23)36-37(32,33)26(27,28)29/h14,16,21H,4-13,15,17-20H2,1-3H3. The second-order valence-corrected chi connectivity index (χ2v) is 10.7. The van der Waals surface area contributed by atoms with Crippen LogP contribution in [0.25, 0.3) is 0 Å². The van der Waals surface area contributed by atoms with Crippen LogP contribution in [0.3, 0.4) is 0 Å². The minimum Gasteiger partial charge on any atom is -0.492 e. The molecule has 0 radical (unpaired) electrons. The van der Waals surface area contributed by atoms with Crippen LogP contribution < -0.4 is 8.92 Å². The Morgan fingerprint density at radius 1 is 0.946 bits per heavy atom. The van der Waals surface area contributed by atoms with Gasteiger partial charge in [-0.05, 0) is 38.1 Å². The molecule has 0 bridgehead atoms. The summed E-state index contributed by atoms with van der Waals surface area (Å²) >= 11 is 0. The van der Waals surface area contributed by atoms with Crippen LogP contribution in [0.4, 0.5) is 13.2 Å². The molecule has 0 aromatic heterocycles. The molecule has 1 aromatic carbocycles. The van der Waals surface area contributed by atoms with Crippen molar-refractivity contribution in [3.8, 4) is 11.5 Å². The second kappa shape index (κ2) is 17.5. The fraction of sp³-hybridized carbons (Fsp3) is 0.731. The van der Waals surface area contributed by atoms with Crippen molar-refractivity contribution >= 4 is 16.1 Å². The lowest BCUT2D eigenvalue weighted by Gasteiger charge is -2.18. The normalized spacial score (nSPS) is 12.1. The van der Waals surface area contributed by atoms with Crippen molar-refractivity contribution in [3.05, 3.63) is 23.8 Å². The van der Waals surface area contributed by atoms with Crippen molar-refractivity contribution in [3.63, 3.8) is 0 Å². The molecule has 1 aromatic rings. The molecule has 0 saturated heterocycles. The molecule has 37 heavy (non-hydrogen) atoms. The van der Waals surface area contributed by atoms with Gasteiger partial charge in [0, 0.05) is 19.0 Å². The Kier molecular flexibility index (Phi) is 15.6. The van der Waals surface area contributed by atoms with Gasteiger partial charge in [-0.3, -0.25) is 4.79 Å². The largest absolute Gasteiger partial charge is 0.534 e. The average molecular weight is 554 g/mol. The summed E-state index contributed by atoms with van der Waals surface area (Å²) in [6, 6.07) is 3.98. The second-order valence-electron chi connectivity index (χ2n) is 9.16.